The Morgan fingerprint density at radius 1 is 1.04 bits per heavy atom. The van der Waals surface area contributed by atoms with Crippen LogP contribution in [0, 0.1) is 5.92 Å². The Kier molecular flexibility index (Phi) is 12.0. The fourth-order valence-electron chi connectivity index (χ4n) is 5.87. The second-order valence-corrected chi connectivity index (χ2v) is 12.3. The van der Waals surface area contributed by atoms with Gasteiger partial charge in [0.15, 0.2) is 5.82 Å². The van der Waals surface area contributed by atoms with Crippen molar-refractivity contribution >= 4 is 24.0 Å². The zero-order valence-electron chi connectivity index (χ0n) is 27.2. The molecule has 4 rings (SSSR count). The number of hydrogen-bond donors (Lipinski definition) is 1. The highest BCUT2D eigenvalue weighted by molar-refractivity contribution is 5.86. The van der Waals surface area contributed by atoms with Crippen LogP contribution >= 0.6 is 0 Å². The molecule has 1 fully saturated rings. The van der Waals surface area contributed by atoms with Gasteiger partial charge in [0.25, 0.3) is 0 Å². The van der Waals surface area contributed by atoms with Crippen LogP contribution in [0.1, 0.15) is 70.4 Å². The highest BCUT2D eigenvalue weighted by Gasteiger charge is 2.30. The lowest BCUT2D eigenvalue weighted by molar-refractivity contribution is -0.131. The van der Waals surface area contributed by atoms with Crippen LogP contribution < -0.4 is 19.7 Å². The number of rotatable bonds is 15. The average molecular weight is 618 g/mol. The van der Waals surface area contributed by atoms with E-state index in [-0.39, 0.29) is 36.7 Å². The Morgan fingerprint density at radius 3 is 2.40 bits per heavy atom. The van der Waals surface area contributed by atoms with Crippen LogP contribution in [-0.4, -0.2) is 66.7 Å². The summed E-state index contributed by atoms with van der Waals surface area (Å²) in [5.74, 6) is 1.48. The van der Waals surface area contributed by atoms with E-state index in [9.17, 15) is 14.4 Å². The highest BCUT2D eigenvalue weighted by Crippen LogP contribution is 2.43. The van der Waals surface area contributed by atoms with Gasteiger partial charge in [0, 0.05) is 32.6 Å². The van der Waals surface area contributed by atoms with Crippen LogP contribution in [0.3, 0.4) is 0 Å². The number of methoxy groups -OCH3 is 1. The second-order valence-electron chi connectivity index (χ2n) is 12.3. The van der Waals surface area contributed by atoms with Gasteiger partial charge in [-0.3, -0.25) is 24.0 Å². The van der Waals surface area contributed by atoms with E-state index in [1.807, 2.05) is 59.3 Å². The van der Waals surface area contributed by atoms with Crippen molar-refractivity contribution in [1.82, 2.24) is 20.0 Å². The first-order valence-electron chi connectivity index (χ1n) is 15.9. The van der Waals surface area contributed by atoms with Crippen LogP contribution in [0.25, 0.3) is 11.3 Å². The molecule has 10 heteroatoms. The molecular formula is C35H47N5O5. The maximum absolute atomic E-state index is 13.0. The highest BCUT2D eigenvalue weighted by atomic mass is 16.5. The molecule has 10 nitrogen and oxygen atoms in total. The number of likely N-dealkylation sites (N-methyl/N-ethyl adjacent to an activating group) is 1. The molecule has 0 aliphatic heterocycles. The van der Waals surface area contributed by atoms with Gasteiger partial charge in [-0.05, 0) is 42.9 Å². The second kappa shape index (κ2) is 16.1. The number of anilines is 1. The molecule has 1 saturated carbocycles. The molecule has 3 amide bonds. The van der Waals surface area contributed by atoms with Crippen LogP contribution in [0.5, 0.6) is 11.5 Å². The summed E-state index contributed by atoms with van der Waals surface area (Å²) < 4.78 is 14.3. The van der Waals surface area contributed by atoms with Gasteiger partial charge in [0.2, 0.25) is 18.2 Å². The molecule has 0 bridgehead atoms. The lowest BCUT2D eigenvalue weighted by atomic mass is 9.95. The van der Waals surface area contributed by atoms with E-state index in [0.29, 0.717) is 30.3 Å². The first kappa shape index (κ1) is 33.6. The third kappa shape index (κ3) is 8.86. The number of carbonyl (C=O) groups is 3. The predicted octanol–water partition coefficient (Wildman–Crippen LogP) is 5.61. The Bertz CT molecular complexity index is 1420. The minimum Gasteiger partial charge on any atom is -0.496 e. The summed E-state index contributed by atoms with van der Waals surface area (Å²) in [5, 5.41) is 7.77. The van der Waals surface area contributed by atoms with Gasteiger partial charge in [-0.25, -0.2) is 0 Å². The van der Waals surface area contributed by atoms with E-state index in [0.717, 1.165) is 48.9 Å². The smallest absolute Gasteiger partial charge is 0.241 e. The molecule has 1 heterocycles. The van der Waals surface area contributed by atoms with E-state index in [2.05, 4.69) is 19.2 Å². The molecule has 0 spiro atoms. The van der Waals surface area contributed by atoms with Crippen LogP contribution in [0.15, 0.2) is 54.6 Å². The van der Waals surface area contributed by atoms with Gasteiger partial charge < -0.3 is 19.7 Å². The lowest BCUT2D eigenvalue weighted by Crippen LogP contribution is -2.42. The van der Waals surface area contributed by atoms with Gasteiger partial charge in [-0.2, -0.15) is 5.10 Å². The zero-order valence-corrected chi connectivity index (χ0v) is 27.2. The lowest BCUT2D eigenvalue weighted by Gasteiger charge is -2.28. The van der Waals surface area contributed by atoms with Gasteiger partial charge in [-0.15, -0.1) is 0 Å². The zero-order chi connectivity index (χ0) is 32.3. The third-order valence-corrected chi connectivity index (χ3v) is 8.22. The molecule has 0 unspecified atom stereocenters. The van der Waals surface area contributed by atoms with E-state index in [1.165, 1.54) is 11.3 Å². The SMILES string of the molecule is COc1cccc(OCc2ccccc2)c1-c1cc(N(C=O)[C@H](CC(=O)NCC(=O)N(C)C)CC(C)C)nn1C1CCCCC1. The first-order chi connectivity index (χ1) is 21.7. The summed E-state index contributed by atoms with van der Waals surface area (Å²) in [6.07, 6.45) is 6.72. The summed E-state index contributed by atoms with van der Waals surface area (Å²) >= 11 is 0. The van der Waals surface area contributed by atoms with Crippen LogP contribution in [-0.2, 0) is 21.0 Å². The Morgan fingerprint density at radius 2 is 1.76 bits per heavy atom. The summed E-state index contributed by atoms with van der Waals surface area (Å²) in [5.41, 5.74) is 2.61. The number of ether oxygens (including phenoxy) is 2. The number of nitrogens with zero attached hydrogens (tertiary/aromatic N) is 4. The van der Waals surface area contributed by atoms with Crippen molar-refractivity contribution < 1.29 is 23.9 Å². The largest absolute Gasteiger partial charge is 0.496 e. The number of amides is 3. The molecule has 3 aromatic rings. The topological polar surface area (TPSA) is 106 Å². The van der Waals surface area contributed by atoms with Gasteiger partial charge in [0.1, 0.15) is 18.1 Å². The van der Waals surface area contributed by atoms with Crippen LogP contribution in [0.4, 0.5) is 5.82 Å². The van der Waals surface area contributed by atoms with Crippen molar-refractivity contribution in [2.45, 2.75) is 77.5 Å². The predicted molar refractivity (Wildman–Crippen MR) is 175 cm³/mol. The average Bonchev–Trinajstić information content (AvgIpc) is 3.47. The van der Waals surface area contributed by atoms with E-state index in [1.54, 1.807) is 26.1 Å². The summed E-state index contributed by atoms with van der Waals surface area (Å²) in [6, 6.07) is 17.3. The van der Waals surface area contributed by atoms with Crippen LogP contribution in [0.2, 0.25) is 0 Å². The molecule has 2 aromatic carbocycles. The standard InChI is InChI=1S/C35H47N5O5/c1-25(2)19-28(20-33(42)36-22-34(43)38(3)4)39(24-41)32-21-29(40(37-32)27-15-10-7-11-16-27)35-30(44-5)17-12-18-31(35)45-23-26-13-8-6-9-14-26/h6,8-9,12-14,17-18,21,24-25,27-28H,7,10-11,15-16,19-20,22-23H2,1-5H3,(H,36,42)/t28-/m0/s1. The number of benzene rings is 2. The quantitative estimate of drug-likeness (QED) is 0.222. The molecule has 1 atom stereocenters. The minimum absolute atomic E-state index is 0.0450. The van der Waals surface area contributed by atoms with Gasteiger partial charge in [-0.1, -0.05) is 69.5 Å². The molecule has 242 valence electrons. The maximum atomic E-state index is 13.0. The van der Waals surface area contributed by atoms with E-state index < -0.39 is 6.04 Å². The maximum Gasteiger partial charge on any atom is 0.241 e. The Labute approximate surface area is 266 Å². The number of carbonyl (C=O) groups excluding carboxylic acids is 3. The Balaban J connectivity index is 1.73. The molecule has 1 aliphatic rings. The fourth-order valence-corrected chi connectivity index (χ4v) is 5.87. The van der Waals surface area contributed by atoms with Crippen molar-refractivity contribution in [2.75, 3.05) is 32.6 Å². The van der Waals surface area contributed by atoms with Gasteiger partial charge in [0.05, 0.1) is 31.0 Å². The van der Waals surface area contributed by atoms with Crippen molar-refractivity contribution in [3.63, 3.8) is 0 Å². The fraction of sp³-hybridized carbons (Fsp3) is 0.486. The van der Waals surface area contributed by atoms with Crippen molar-refractivity contribution in [3.05, 3.63) is 60.2 Å². The van der Waals surface area contributed by atoms with Gasteiger partial charge >= 0.3 is 0 Å². The molecule has 1 aromatic heterocycles. The first-order valence-corrected chi connectivity index (χ1v) is 15.9. The molecular weight excluding hydrogens is 570 g/mol. The molecule has 1 aliphatic carbocycles. The molecule has 45 heavy (non-hydrogen) atoms. The monoisotopic (exact) mass is 617 g/mol. The Hall–Kier alpha value is -4.34. The molecule has 0 saturated heterocycles. The molecule has 0 radical (unpaired) electrons. The number of hydrogen-bond acceptors (Lipinski definition) is 6. The summed E-state index contributed by atoms with van der Waals surface area (Å²) in [7, 11) is 4.92. The van der Waals surface area contributed by atoms with Crippen molar-refractivity contribution in [1.29, 1.82) is 0 Å². The van der Waals surface area contributed by atoms with E-state index >= 15 is 0 Å². The number of nitrogens with one attached hydrogen (secondary N) is 1. The third-order valence-electron chi connectivity index (χ3n) is 8.22. The normalized spacial score (nSPS) is 14.1. The minimum atomic E-state index is -0.453. The molecule has 1 N–H and O–H groups in total. The van der Waals surface area contributed by atoms with Crippen molar-refractivity contribution in [2.24, 2.45) is 5.92 Å². The number of aromatic nitrogens is 2. The summed E-state index contributed by atoms with van der Waals surface area (Å²) in [6.45, 7) is 4.40. The van der Waals surface area contributed by atoms with Crippen molar-refractivity contribution in [3.8, 4) is 22.8 Å². The van der Waals surface area contributed by atoms with E-state index in [4.69, 9.17) is 14.6 Å². The summed E-state index contributed by atoms with van der Waals surface area (Å²) in [4.78, 5) is 40.8.